The van der Waals surface area contributed by atoms with Crippen LogP contribution in [0.5, 0.6) is 5.75 Å². The zero-order chi connectivity index (χ0) is 15.8. The maximum atomic E-state index is 12.8. The number of fused-ring (bicyclic) bond motifs is 5. The minimum Gasteiger partial charge on any atom is -0.506 e. The number of anilines is 1. The van der Waals surface area contributed by atoms with Gasteiger partial charge in [0, 0.05) is 14.7 Å². The van der Waals surface area contributed by atoms with Gasteiger partial charge in [-0.25, -0.2) is 4.90 Å². The van der Waals surface area contributed by atoms with E-state index >= 15 is 0 Å². The minimum absolute atomic E-state index is 0.107. The van der Waals surface area contributed by atoms with Crippen molar-refractivity contribution in [2.24, 2.45) is 23.7 Å². The van der Waals surface area contributed by atoms with Crippen LogP contribution in [0.1, 0.15) is 6.42 Å². The van der Waals surface area contributed by atoms with Gasteiger partial charge in [0.05, 0.1) is 17.5 Å². The second-order valence-electron chi connectivity index (χ2n) is 6.15. The molecule has 1 saturated heterocycles. The molecule has 0 aromatic heterocycles. The average molecular weight is 450 g/mol. The number of aromatic hydroxyl groups is 1. The Morgan fingerprint density at radius 1 is 1.09 bits per heavy atom. The quantitative estimate of drug-likeness (QED) is 0.529. The number of alkyl halides is 2. The number of hydrogen-bond acceptors (Lipinski definition) is 3. The maximum absolute atomic E-state index is 12.8. The predicted molar refractivity (Wildman–Crippen MR) is 89.6 cm³/mol. The molecule has 6 unspecified atom stereocenters. The molecule has 1 N–H and O–H groups in total. The molecule has 0 spiro atoms. The molecule has 4 rings (SSSR count). The summed E-state index contributed by atoms with van der Waals surface area (Å²) >= 11 is 13.2. The molecular weight excluding hydrogens is 437 g/mol. The molecule has 3 aliphatic rings. The number of nitrogens with zero attached hydrogens (tertiary/aromatic N) is 1. The summed E-state index contributed by atoms with van der Waals surface area (Å²) in [6.07, 6.45) is 0.883. The Bertz CT molecular complexity index is 665. The second-order valence-corrected chi connectivity index (χ2v) is 8.70. The van der Waals surface area contributed by atoms with Gasteiger partial charge in [0.25, 0.3) is 0 Å². The van der Waals surface area contributed by atoms with Crippen molar-refractivity contribution in [2.45, 2.75) is 16.1 Å². The molecule has 1 aliphatic heterocycles. The van der Waals surface area contributed by atoms with Crippen LogP contribution >= 0.6 is 43.5 Å². The maximum Gasteiger partial charge on any atom is 0.238 e. The van der Waals surface area contributed by atoms with E-state index in [1.807, 2.05) is 0 Å². The van der Waals surface area contributed by atoms with Gasteiger partial charge in [-0.15, -0.1) is 0 Å². The molecule has 2 amide bonds. The lowest BCUT2D eigenvalue weighted by atomic mass is 9.81. The molecule has 3 fully saturated rings. The van der Waals surface area contributed by atoms with Gasteiger partial charge in [-0.05, 0) is 36.5 Å². The van der Waals surface area contributed by atoms with Crippen molar-refractivity contribution in [2.75, 3.05) is 4.90 Å². The van der Waals surface area contributed by atoms with Gasteiger partial charge in [-0.1, -0.05) is 43.5 Å². The van der Waals surface area contributed by atoms with E-state index < -0.39 is 0 Å². The van der Waals surface area contributed by atoms with Gasteiger partial charge < -0.3 is 5.11 Å². The van der Waals surface area contributed by atoms with Crippen LogP contribution in [0.25, 0.3) is 0 Å². The molecule has 7 heteroatoms. The highest BCUT2D eigenvalue weighted by molar-refractivity contribution is 9.12. The molecule has 1 aromatic rings. The van der Waals surface area contributed by atoms with Gasteiger partial charge in [-0.3, -0.25) is 9.59 Å². The molecule has 116 valence electrons. The molecule has 22 heavy (non-hydrogen) atoms. The summed E-state index contributed by atoms with van der Waals surface area (Å²) in [5.41, 5.74) is 0.188. The number of benzene rings is 1. The Balaban J connectivity index is 1.77. The van der Waals surface area contributed by atoms with Gasteiger partial charge >= 0.3 is 0 Å². The third kappa shape index (κ3) is 1.80. The molecule has 2 saturated carbocycles. The zero-order valence-electron chi connectivity index (χ0n) is 11.2. The molecular formula is C15H12Br2ClNO3. The summed E-state index contributed by atoms with van der Waals surface area (Å²) in [6, 6.07) is 4.40. The summed E-state index contributed by atoms with van der Waals surface area (Å²) in [6.45, 7) is 0. The van der Waals surface area contributed by atoms with Crippen molar-refractivity contribution in [1.82, 2.24) is 0 Å². The van der Waals surface area contributed by atoms with E-state index in [-0.39, 0.29) is 56.6 Å². The van der Waals surface area contributed by atoms with Crippen LogP contribution in [0, 0.1) is 23.7 Å². The van der Waals surface area contributed by atoms with Crippen LogP contribution in [0.4, 0.5) is 5.69 Å². The van der Waals surface area contributed by atoms with Gasteiger partial charge in [-0.2, -0.15) is 0 Å². The number of phenols is 1. The SMILES string of the molecule is O=C1C2C3CC(C(Br)C3Br)C2C(=O)N1c1cc(Cl)ccc1O. The van der Waals surface area contributed by atoms with Crippen LogP contribution in [0.2, 0.25) is 5.02 Å². The largest absolute Gasteiger partial charge is 0.506 e. The molecule has 1 heterocycles. The number of carbonyl (C=O) groups is 2. The van der Waals surface area contributed by atoms with E-state index in [9.17, 15) is 14.7 Å². The molecule has 6 atom stereocenters. The van der Waals surface area contributed by atoms with Crippen LogP contribution in [-0.4, -0.2) is 26.6 Å². The highest BCUT2D eigenvalue weighted by Crippen LogP contribution is 2.60. The van der Waals surface area contributed by atoms with Crippen molar-refractivity contribution in [3.8, 4) is 5.75 Å². The first-order valence-corrected chi connectivity index (χ1v) is 9.27. The molecule has 4 nitrogen and oxygen atoms in total. The van der Waals surface area contributed by atoms with Crippen LogP contribution in [0.3, 0.4) is 0 Å². The second kappa shape index (κ2) is 4.95. The lowest BCUT2D eigenvalue weighted by molar-refractivity contribution is -0.123. The smallest absolute Gasteiger partial charge is 0.238 e. The Hall–Kier alpha value is -0.590. The predicted octanol–water partition coefficient (Wildman–Crippen LogP) is 3.33. The van der Waals surface area contributed by atoms with Crippen molar-refractivity contribution in [1.29, 1.82) is 0 Å². The van der Waals surface area contributed by atoms with Crippen LogP contribution in [0.15, 0.2) is 18.2 Å². The Morgan fingerprint density at radius 2 is 1.64 bits per heavy atom. The summed E-state index contributed by atoms with van der Waals surface area (Å²) in [5.74, 6) is -0.829. The fourth-order valence-electron chi connectivity index (χ4n) is 4.26. The summed E-state index contributed by atoms with van der Waals surface area (Å²) in [7, 11) is 0. The summed E-state index contributed by atoms with van der Waals surface area (Å²) in [4.78, 5) is 27.2. The van der Waals surface area contributed by atoms with E-state index in [0.717, 1.165) is 11.3 Å². The monoisotopic (exact) mass is 447 g/mol. The van der Waals surface area contributed by atoms with E-state index in [1.54, 1.807) is 0 Å². The van der Waals surface area contributed by atoms with Crippen molar-refractivity contribution in [3.05, 3.63) is 23.2 Å². The number of carbonyl (C=O) groups excluding carboxylic acids is 2. The van der Waals surface area contributed by atoms with Crippen LogP contribution in [-0.2, 0) is 9.59 Å². The molecule has 0 radical (unpaired) electrons. The molecule has 2 aliphatic carbocycles. The fourth-order valence-corrected chi connectivity index (χ4v) is 6.30. The van der Waals surface area contributed by atoms with E-state index in [1.165, 1.54) is 18.2 Å². The van der Waals surface area contributed by atoms with Crippen molar-refractivity contribution >= 4 is 61.0 Å². The van der Waals surface area contributed by atoms with Crippen LogP contribution < -0.4 is 4.90 Å². The van der Waals surface area contributed by atoms with Crippen molar-refractivity contribution in [3.63, 3.8) is 0 Å². The topological polar surface area (TPSA) is 57.6 Å². The summed E-state index contributed by atoms with van der Waals surface area (Å²) in [5, 5.41) is 10.4. The third-order valence-corrected chi connectivity index (χ3v) is 8.61. The normalized spacial score (nSPS) is 39.7. The minimum atomic E-state index is -0.297. The number of phenolic OH excluding ortho intramolecular Hbond substituents is 1. The van der Waals surface area contributed by atoms with E-state index in [0.29, 0.717) is 5.02 Å². The first-order valence-electron chi connectivity index (χ1n) is 7.06. The number of halogens is 3. The Kier molecular flexibility index (Phi) is 3.37. The fraction of sp³-hybridized carbons (Fsp3) is 0.467. The number of imide groups is 1. The standard InChI is InChI=1S/C15H12Br2ClNO3/c16-12-6-4-7(13(12)17)11-10(6)14(21)19(15(11)22)8-3-5(18)1-2-9(8)20/h1-3,6-7,10-13,20H,4H2. The van der Waals surface area contributed by atoms with E-state index in [4.69, 9.17) is 11.6 Å². The average Bonchev–Trinajstić information content (AvgIpc) is 3.07. The number of amides is 2. The highest BCUT2D eigenvalue weighted by Gasteiger charge is 2.66. The van der Waals surface area contributed by atoms with E-state index in [2.05, 4.69) is 31.9 Å². The van der Waals surface area contributed by atoms with Gasteiger partial charge in [0.2, 0.25) is 11.8 Å². The summed E-state index contributed by atoms with van der Waals surface area (Å²) < 4.78 is 0. The Morgan fingerprint density at radius 3 is 2.18 bits per heavy atom. The van der Waals surface area contributed by atoms with Gasteiger partial charge in [0.15, 0.2) is 0 Å². The lowest BCUT2D eigenvalue weighted by Gasteiger charge is -2.28. The number of hydrogen-bond donors (Lipinski definition) is 1. The van der Waals surface area contributed by atoms with Crippen molar-refractivity contribution < 1.29 is 14.7 Å². The molecule has 1 aromatic carbocycles. The third-order valence-electron chi connectivity index (χ3n) is 5.17. The lowest BCUT2D eigenvalue weighted by Crippen LogP contribution is -2.37. The Labute approximate surface area is 149 Å². The molecule has 2 bridgehead atoms. The first kappa shape index (κ1) is 15.0. The number of rotatable bonds is 1. The first-order chi connectivity index (χ1) is 10.4. The highest BCUT2D eigenvalue weighted by atomic mass is 79.9. The van der Waals surface area contributed by atoms with Gasteiger partial charge in [0.1, 0.15) is 5.75 Å². The zero-order valence-corrected chi connectivity index (χ0v) is 15.2.